The van der Waals surface area contributed by atoms with Crippen LogP contribution in [0.2, 0.25) is 0 Å². The fourth-order valence-corrected chi connectivity index (χ4v) is 3.32. The lowest BCUT2D eigenvalue weighted by Crippen LogP contribution is -2.39. The summed E-state index contributed by atoms with van der Waals surface area (Å²) in [7, 11) is 0. The number of nitrogens with zero attached hydrogens (tertiary/aromatic N) is 1. The molecule has 2 heterocycles. The molecule has 1 amide bonds. The number of hydrogen-bond acceptors (Lipinski definition) is 4. The van der Waals surface area contributed by atoms with E-state index in [2.05, 4.69) is 29.0 Å². The summed E-state index contributed by atoms with van der Waals surface area (Å²) in [5, 5.41) is 13.6. The minimum Gasteiger partial charge on any atom is -0.384 e. The first kappa shape index (κ1) is 15.0. The quantitative estimate of drug-likeness (QED) is 0.823. The zero-order valence-electron chi connectivity index (χ0n) is 11.7. The van der Waals surface area contributed by atoms with Gasteiger partial charge in [-0.3, -0.25) is 9.69 Å². The van der Waals surface area contributed by atoms with E-state index in [1.807, 2.05) is 11.4 Å². The molecule has 1 atom stereocenters. The first-order valence-corrected chi connectivity index (χ1v) is 7.83. The van der Waals surface area contributed by atoms with Crippen molar-refractivity contribution in [3.05, 3.63) is 21.9 Å². The van der Waals surface area contributed by atoms with Crippen LogP contribution in [0.1, 0.15) is 35.0 Å². The van der Waals surface area contributed by atoms with Crippen LogP contribution in [-0.2, 0) is 0 Å². The fourth-order valence-electron chi connectivity index (χ4n) is 2.55. The second-order valence-electron chi connectivity index (χ2n) is 4.76. The van der Waals surface area contributed by atoms with Gasteiger partial charge < -0.3 is 10.4 Å². The number of likely N-dealkylation sites (tertiary alicyclic amines) is 1. The van der Waals surface area contributed by atoms with Gasteiger partial charge in [0.05, 0.1) is 0 Å². The average molecular weight is 292 g/mol. The summed E-state index contributed by atoms with van der Waals surface area (Å²) in [6.07, 6.45) is 2.36. The highest BCUT2D eigenvalue weighted by Crippen LogP contribution is 2.18. The molecule has 5 heteroatoms. The van der Waals surface area contributed by atoms with Crippen molar-refractivity contribution >= 4 is 17.2 Å². The van der Waals surface area contributed by atoms with Gasteiger partial charge in [0.25, 0.3) is 5.91 Å². The van der Waals surface area contributed by atoms with Crippen LogP contribution in [0.25, 0.3) is 0 Å². The molecular weight excluding hydrogens is 272 g/mol. The molecule has 1 fully saturated rings. The number of hydrogen-bond donors (Lipinski definition) is 2. The Balaban J connectivity index is 1.93. The van der Waals surface area contributed by atoms with Gasteiger partial charge in [0.2, 0.25) is 0 Å². The molecule has 1 aromatic rings. The number of nitrogens with one attached hydrogen (secondary N) is 1. The van der Waals surface area contributed by atoms with E-state index in [0.717, 1.165) is 19.5 Å². The molecule has 108 valence electrons. The molecule has 0 spiro atoms. The third kappa shape index (κ3) is 3.60. The zero-order chi connectivity index (χ0) is 14.4. The highest BCUT2D eigenvalue weighted by molar-refractivity contribution is 7.12. The number of rotatable bonds is 4. The van der Waals surface area contributed by atoms with Crippen molar-refractivity contribution < 1.29 is 9.90 Å². The van der Waals surface area contributed by atoms with E-state index in [0.29, 0.717) is 23.0 Å². The van der Waals surface area contributed by atoms with Crippen LogP contribution in [0.5, 0.6) is 0 Å². The summed E-state index contributed by atoms with van der Waals surface area (Å²) in [4.78, 5) is 15.2. The molecule has 1 saturated heterocycles. The molecule has 4 nitrogen and oxygen atoms in total. The van der Waals surface area contributed by atoms with Gasteiger partial charge in [0.15, 0.2) is 0 Å². The van der Waals surface area contributed by atoms with Crippen molar-refractivity contribution in [3.63, 3.8) is 0 Å². The Morgan fingerprint density at radius 2 is 2.50 bits per heavy atom. The highest BCUT2D eigenvalue weighted by Gasteiger charge is 2.23. The maximum atomic E-state index is 12.2. The van der Waals surface area contributed by atoms with Crippen LogP contribution in [0.15, 0.2) is 11.4 Å². The van der Waals surface area contributed by atoms with Gasteiger partial charge in [-0.15, -0.1) is 11.3 Å². The molecule has 0 radical (unpaired) electrons. The van der Waals surface area contributed by atoms with Crippen LogP contribution in [0.3, 0.4) is 0 Å². The van der Waals surface area contributed by atoms with Gasteiger partial charge in [-0.2, -0.15) is 0 Å². The Hall–Kier alpha value is -1.35. The number of carbonyl (C=O) groups excluding carboxylic acids is 1. The minimum absolute atomic E-state index is 0.0646. The number of thiophene rings is 1. The maximum absolute atomic E-state index is 12.2. The average Bonchev–Trinajstić information content (AvgIpc) is 3.10. The molecule has 1 aromatic heterocycles. The van der Waals surface area contributed by atoms with E-state index in [-0.39, 0.29) is 12.5 Å². The number of amides is 1. The van der Waals surface area contributed by atoms with E-state index < -0.39 is 0 Å². The topological polar surface area (TPSA) is 52.6 Å². The number of aliphatic hydroxyl groups is 1. The SMILES string of the molecule is CCN1CCCC1CNC(=O)c1sccc1C#CCO. The summed E-state index contributed by atoms with van der Waals surface area (Å²) in [6.45, 7) is 4.82. The van der Waals surface area contributed by atoms with Gasteiger partial charge in [-0.05, 0) is 37.4 Å². The van der Waals surface area contributed by atoms with E-state index in [9.17, 15) is 4.79 Å². The van der Waals surface area contributed by atoms with E-state index in [4.69, 9.17) is 5.11 Å². The largest absolute Gasteiger partial charge is 0.384 e. The van der Waals surface area contributed by atoms with E-state index in [1.165, 1.54) is 17.8 Å². The Bertz CT molecular complexity index is 515. The molecule has 1 aliphatic heterocycles. The fraction of sp³-hybridized carbons (Fsp3) is 0.533. The third-order valence-electron chi connectivity index (χ3n) is 3.58. The molecule has 0 aromatic carbocycles. The van der Waals surface area contributed by atoms with Gasteiger partial charge >= 0.3 is 0 Å². The Morgan fingerprint density at radius 3 is 3.25 bits per heavy atom. The monoisotopic (exact) mass is 292 g/mol. The van der Waals surface area contributed by atoms with Crippen LogP contribution in [0, 0.1) is 11.8 Å². The first-order chi connectivity index (χ1) is 9.76. The highest BCUT2D eigenvalue weighted by atomic mass is 32.1. The molecule has 2 rings (SSSR count). The van der Waals surface area contributed by atoms with Gasteiger partial charge in [-0.1, -0.05) is 18.8 Å². The number of likely N-dealkylation sites (N-methyl/N-ethyl adjacent to an activating group) is 1. The number of carbonyl (C=O) groups is 1. The van der Waals surface area contributed by atoms with Crippen LogP contribution in [0.4, 0.5) is 0 Å². The molecule has 1 unspecified atom stereocenters. The summed E-state index contributed by atoms with van der Waals surface area (Å²) >= 11 is 1.39. The Kier molecular flexibility index (Phi) is 5.60. The maximum Gasteiger partial charge on any atom is 0.262 e. The van der Waals surface area contributed by atoms with E-state index >= 15 is 0 Å². The van der Waals surface area contributed by atoms with Gasteiger partial charge in [-0.25, -0.2) is 0 Å². The zero-order valence-corrected chi connectivity index (χ0v) is 12.5. The second-order valence-corrected chi connectivity index (χ2v) is 5.67. The third-order valence-corrected chi connectivity index (χ3v) is 4.49. The molecule has 0 saturated carbocycles. The standard InChI is InChI=1S/C15H20N2O2S/c1-2-17-8-3-6-13(17)11-16-15(19)14-12(5-4-9-18)7-10-20-14/h7,10,13,18H,2-3,6,8-9,11H2,1H3,(H,16,19). The van der Waals surface area contributed by atoms with E-state index in [1.54, 1.807) is 0 Å². The Labute approximate surface area is 123 Å². The lowest BCUT2D eigenvalue weighted by Gasteiger charge is -2.22. The van der Waals surface area contributed by atoms with Crippen LogP contribution < -0.4 is 5.32 Å². The van der Waals surface area contributed by atoms with Crippen LogP contribution >= 0.6 is 11.3 Å². The normalized spacial score (nSPS) is 18.6. The minimum atomic E-state index is -0.190. The summed E-state index contributed by atoms with van der Waals surface area (Å²) in [6, 6.07) is 2.27. The predicted octanol–water partition coefficient (Wildman–Crippen LogP) is 1.31. The predicted molar refractivity (Wildman–Crippen MR) is 80.9 cm³/mol. The summed E-state index contributed by atoms with van der Waals surface area (Å²) in [5.41, 5.74) is 0.695. The number of aliphatic hydroxyl groups excluding tert-OH is 1. The molecule has 2 N–H and O–H groups in total. The van der Waals surface area contributed by atoms with Crippen molar-refractivity contribution in [1.82, 2.24) is 10.2 Å². The summed E-state index contributed by atoms with van der Waals surface area (Å²) in [5.74, 6) is 5.33. The first-order valence-electron chi connectivity index (χ1n) is 6.95. The lowest BCUT2D eigenvalue weighted by atomic mass is 10.2. The van der Waals surface area contributed by atoms with Crippen molar-refractivity contribution in [2.75, 3.05) is 26.2 Å². The van der Waals surface area contributed by atoms with Crippen molar-refractivity contribution in [2.45, 2.75) is 25.8 Å². The van der Waals surface area contributed by atoms with Crippen molar-refractivity contribution in [3.8, 4) is 11.8 Å². The molecule has 0 aliphatic carbocycles. The van der Waals surface area contributed by atoms with Gasteiger partial charge in [0, 0.05) is 18.2 Å². The molecule has 0 bridgehead atoms. The smallest absolute Gasteiger partial charge is 0.262 e. The molecule has 20 heavy (non-hydrogen) atoms. The second kappa shape index (κ2) is 7.44. The Morgan fingerprint density at radius 1 is 1.65 bits per heavy atom. The molecular formula is C15H20N2O2S. The van der Waals surface area contributed by atoms with Crippen molar-refractivity contribution in [1.29, 1.82) is 0 Å². The molecule has 1 aliphatic rings. The van der Waals surface area contributed by atoms with Crippen molar-refractivity contribution in [2.24, 2.45) is 0 Å². The van der Waals surface area contributed by atoms with Gasteiger partial charge in [0.1, 0.15) is 11.5 Å². The van der Waals surface area contributed by atoms with Crippen LogP contribution in [-0.4, -0.2) is 48.2 Å². The lowest BCUT2D eigenvalue weighted by molar-refractivity contribution is 0.0945. The summed E-state index contributed by atoms with van der Waals surface area (Å²) < 4.78 is 0.